The molecule has 0 saturated heterocycles. The van der Waals surface area contributed by atoms with Crippen LogP contribution in [0.5, 0.6) is 0 Å². The van der Waals surface area contributed by atoms with Gasteiger partial charge < -0.3 is 1.43 Å². The maximum atomic E-state index is 8.25. The maximum absolute atomic E-state index is 8.25. The van der Waals surface area contributed by atoms with Crippen LogP contribution in [0.4, 0.5) is 0 Å². The van der Waals surface area contributed by atoms with Crippen molar-refractivity contribution in [2.75, 3.05) is 0 Å². The summed E-state index contributed by atoms with van der Waals surface area (Å²) in [6.07, 6.45) is 0. The second kappa shape index (κ2) is 41.7. The number of hydrogen-bond acceptors (Lipinski definition) is 1. The van der Waals surface area contributed by atoms with Crippen LogP contribution in [0, 0.1) is 0 Å². The van der Waals surface area contributed by atoms with E-state index in [1.54, 1.807) is 0 Å². The van der Waals surface area contributed by atoms with Gasteiger partial charge >= 0.3 is 53.3 Å². The van der Waals surface area contributed by atoms with Gasteiger partial charge in [-0.05, 0) is 0 Å². The minimum atomic E-state index is 0. The summed E-state index contributed by atoms with van der Waals surface area (Å²) in [6, 6.07) is 0. The maximum Gasteiger partial charge on any atom is 0 e. The first kappa shape index (κ1) is 35.2. The summed E-state index contributed by atoms with van der Waals surface area (Å²) in [5, 5.41) is 0. The van der Waals surface area contributed by atoms with E-state index in [1.807, 2.05) is 0 Å². The van der Waals surface area contributed by atoms with E-state index in [-0.39, 0.29) is 84.6 Å². The van der Waals surface area contributed by atoms with Crippen molar-refractivity contribution in [1.29, 1.82) is 0 Å². The van der Waals surface area contributed by atoms with Crippen molar-refractivity contribution in [2.45, 2.75) is 0 Å². The molecule has 0 N–H and O–H groups in total. The fourth-order valence-electron chi connectivity index (χ4n) is 0. The average molecular weight is 272 g/mol. The summed E-state index contributed by atoms with van der Waals surface area (Å²) < 4.78 is 8.25. The molecule has 0 atom stereocenters. The van der Waals surface area contributed by atoms with Gasteiger partial charge in [0.05, 0.1) is 0 Å². The molecule has 0 rings (SSSR count). The largest absolute Gasteiger partial charge is 0 e. The SMILES string of the molecule is [Cu].[H-].[Mn].[Na+].[O]=[Ti].[Zn]. The Hall–Kier alpha value is 3.18. The summed E-state index contributed by atoms with van der Waals surface area (Å²) in [4.78, 5) is 0. The van der Waals surface area contributed by atoms with Crippen LogP contribution >= 0.6 is 0 Å². The molecule has 0 amide bonds. The van der Waals surface area contributed by atoms with E-state index >= 15 is 0 Å². The minimum Gasteiger partial charge on any atom is 0 e. The molecule has 6 heavy (non-hydrogen) atoms. The molecule has 0 unspecified atom stereocenters. The van der Waals surface area contributed by atoms with Gasteiger partial charge in [-0.2, -0.15) is 0 Å². The van der Waals surface area contributed by atoms with Crippen LogP contribution < -0.4 is 29.6 Å². The second-order valence-electron chi connectivity index (χ2n) is 0. The molecule has 0 aliphatic heterocycles. The van der Waals surface area contributed by atoms with Gasteiger partial charge in [0, 0.05) is 53.6 Å². The second-order valence-corrected chi connectivity index (χ2v) is 0. The Balaban J connectivity index is -0.000000000500. The van der Waals surface area contributed by atoms with E-state index in [1.165, 1.54) is 0 Å². The first-order valence-electron chi connectivity index (χ1n) is 0.204. The van der Waals surface area contributed by atoms with Gasteiger partial charge in [-0.1, -0.05) is 0 Å². The summed E-state index contributed by atoms with van der Waals surface area (Å²) in [5.41, 5.74) is 0. The van der Waals surface area contributed by atoms with Gasteiger partial charge in [0.1, 0.15) is 0 Å². The van der Waals surface area contributed by atoms with Gasteiger partial charge in [0.15, 0.2) is 0 Å². The van der Waals surface area contributed by atoms with Crippen LogP contribution in [0.25, 0.3) is 0 Å². The smallest absolute Gasteiger partial charge is 0 e. The molecule has 0 heterocycles. The summed E-state index contributed by atoms with van der Waals surface area (Å²) in [5.74, 6) is 0. The van der Waals surface area contributed by atoms with Gasteiger partial charge in [-0.15, -0.1) is 0 Å². The van der Waals surface area contributed by atoms with Crippen molar-refractivity contribution in [3.63, 3.8) is 0 Å². The molecule has 0 spiro atoms. The fourth-order valence-corrected chi connectivity index (χ4v) is 0. The van der Waals surface area contributed by atoms with Crippen LogP contribution in [-0.2, 0) is 77.3 Å². The molecule has 0 aromatic rings. The third-order valence-electron chi connectivity index (χ3n) is 0. The molecular weight excluding hydrogens is 271 g/mol. The Morgan fingerprint density at radius 1 is 1.33 bits per heavy atom. The quantitative estimate of drug-likeness (QED) is 0.429. The topological polar surface area (TPSA) is 17.1 Å². The predicted octanol–water partition coefficient (Wildman–Crippen LogP) is -3.01. The molecule has 1 nitrogen and oxygen atoms in total. The Morgan fingerprint density at radius 3 is 1.33 bits per heavy atom. The average Bonchev–Trinajstić information content (AvgIpc) is 1.00. The molecule has 0 fully saturated rings. The zero-order valence-electron chi connectivity index (χ0n) is 4.29. The number of rotatable bonds is 0. The normalized spacial score (nSPS) is 0.500. The van der Waals surface area contributed by atoms with Gasteiger partial charge in [-0.3, -0.25) is 0 Å². The van der Waals surface area contributed by atoms with Crippen LogP contribution in [0.3, 0.4) is 0 Å². The fraction of sp³-hybridized carbons (Fsp3) is 0. The van der Waals surface area contributed by atoms with E-state index in [4.69, 9.17) is 3.32 Å². The van der Waals surface area contributed by atoms with E-state index in [2.05, 4.69) is 0 Å². The van der Waals surface area contributed by atoms with E-state index in [0.717, 1.165) is 20.4 Å². The van der Waals surface area contributed by atoms with E-state index in [9.17, 15) is 0 Å². The summed E-state index contributed by atoms with van der Waals surface area (Å²) in [6.45, 7) is 0. The van der Waals surface area contributed by atoms with Crippen LogP contribution in [0.15, 0.2) is 0 Å². The molecule has 32 valence electrons. The zero-order valence-corrected chi connectivity index (χ0v) is 11.9. The molecular formula is HCuMnNaOTiZn. The Kier molecular flexibility index (Phi) is 245. The monoisotopic (exact) mass is 270 g/mol. The first-order valence-corrected chi connectivity index (χ1v) is 0.842. The van der Waals surface area contributed by atoms with Crippen molar-refractivity contribution in [3.05, 3.63) is 0 Å². The van der Waals surface area contributed by atoms with Gasteiger partial charge in [0.25, 0.3) is 0 Å². The van der Waals surface area contributed by atoms with Crippen molar-refractivity contribution in [3.8, 4) is 0 Å². The molecule has 0 aromatic heterocycles. The minimum absolute atomic E-state index is 0. The van der Waals surface area contributed by atoms with Gasteiger partial charge in [0.2, 0.25) is 0 Å². The van der Waals surface area contributed by atoms with Gasteiger partial charge in [-0.25, -0.2) is 0 Å². The predicted molar refractivity (Wildman–Crippen MR) is 1.80 cm³/mol. The Labute approximate surface area is 106 Å². The van der Waals surface area contributed by atoms with Crippen molar-refractivity contribution < 1.29 is 108 Å². The first-order chi connectivity index (χ1) is 1.00. The summed E-state index contributed by atoms with van der Waals surface area (Å²) in [7, 11) is 0. The van der Waals surface area contributed by atoms with E-state index < -0.39 is 0 Å². The van der Waals surface area contributed by atoms with Crippen LogP contribution in [-0.4, -0.2) is 0 Å². The standard InChI is InChI=1S/Cu.Mn.Na.O.Ti.Zn.H/q;;+1;;;;-1. The van der Waals surface area contributed by atoms with Crippen LogP contribution in [0.2, 0.25) is 0 Å². The Bertz CT molecular complexity index is 19.7. The van der Waals surface area contributed by atoms with E-state index in [0.29, 0.717) is 0 Å². The molecule has 0 aromatic carbocycles. The molecule has 0 aliphatic carbocycles. The molecule has 0 aliphatic rings. The molecule has 2 radical (unpaired) electrons. The molecule has 0 bridgehead atoms. The van der Waals surface area contributed by atoms with Crippen molar-refractivity contribution in [1.82, 2.24) is 0 Å². The molecule has 6 heteroatoms. The third kappa shape index (κ3) is 27.1. The number of hydrogen-bond donors (Lipinski definition) is 0. The summed E-state index contributed by atoms with van der Waals surface area (Å²) >= 11 is 0.750. The third-order valence-corrected chi connectivity index (χ3v) is 0. The van der Waals surface area contributed by atoms with Crippen LogP contribution in [0.1, 0.15) is 1.43 Å². The molecule has 0 saturated carbocycles. The zero-order chi connectivity index (χ0) is 2.00. The Morgan fingerprint density at radius 2 is 1.33 bits per heavy atom. The van der Waals surface area contributed by atoms with Crippen molar-refractivity contribution >= 4 is 0 Å². The van der Waals surface area contributed by atoms with Crippen molar-refractivity contribution in [2.24, 2.45) is 0 Å².